The standard InChI is InChI=1S/C11H19N3S.ClH/c1-8-3-9(2)6-14(5-8)7-10-4-13-11(12)15-10;/h4,8-9H,3,5-7H2,1-2H3,(H2,12,13);1H. The van der Waals surface area contributed by atoms with Crippen LogP contribution in [0.25, 0.3) is 0 Å². The summed E-state index contributed by atoms with van der Waals surface area (Å²) in [5.41, 5.74) is 5.63. The summed E-state index contributed by atoms with van der Waals surface area (Å²) in [7, 11) is 0. The highest BCUT2D eigenvalue weighted by molar-refractivity contribution is 7.15. The van der Waals surface area contributed by atoms with E-state index in [0.29, 0.717) is 5.13 Å². The Bertz CT molecular complexity index is 319. The number of nitrogens with zero attached hydrogens (tertiary/aromatic N) is 2. The molecule has 1 saturated heterocycles. The van der Waals surface area contributed by atoms with E-state index in [9.17, 15) is 0 Å². The van der Waals surface area contributed by atoms with E-state index in [1.807, 2.05) is 6.20 Å². The number of thiazole rings is 1. The number of likely N-dealkylation sites (tertiary alicyclic amines) is 1. The molecule has 2 rings (SSSR count). The monoisotopic (exact) mass is 261 g/mol. The van der Waals surface area contributed by atoms with Gasteiger partial charge in [-0.3, -0.25) is 4.90 Å². The molecule has 1 aliphatic rings. The molecule has 2 N–H and O–H groups in total. The number of nitrogens with two attached hydrogens (primary N) is 1. The lowest BCUT2D eigenvalue weighted by Crippen LogP contribution is -2.37. The number of rotatable bonds is 2. The maximum atomic E-state index is 5.63. The van der Waals surface area contributed by atoms with Crippen LogP contribution < -0.4 is 5.73 Å². The first kappa shape index (κ1) is 13.7. The lowest BCUT2D eigenvalue weighted by molar-refractivity contribution is 0.135. The Kier molecular flexibility index (Phi) is 5.02. The lowest BCUT2D eigenvalue weighted by Gasteiger charge is -2.34. The van der Waals surface area contributed by atoms with Crippen molar-refractivity contribution in [2.75, 3.05) is 18.8 Å². The normalized spacial score (nSPS) is 26.4. The van der Waals surface area contributed by atoms with Gasteiger partial charge < -0.3 is 5.73 Å². The molecule has 0 amide bonds. The Morgan fingerprint density at radius 3 is 2.56 bits per heavy atom. The van der Waals surface area contributed by atoms with Crippen LogP contribution in [0.4, 0.5) is 5.13 Å². The Balaban J connectivity index is 0.00000128. The van der Waals surface area contributed by atoms with E-state index in [1.165, 1.54) is 24.4 Å². The molecule has 1 aliphatic heterocycles. The highest BCUT2D eigenvalue weighted by Crippen LogP contribution is 2.24. The van der Waals surface area contributed by atoms with Gasteiger partial charge in [0.2, 0.25) is 0 Å². The maximum absolute atomic E-state index is 5.63. The van der Waals surface area contributed by atoms with Crippen LogP contribution >= 0.6 is 23.7 Å². The first-order valence-corrected chi connectivity index (χ1v) is 6.37. The van der Waals surface area contributed by atoms with Gasteiger partial charge in [0, 0.05) is 30.7 Å². The number of aromatic nitrogens is 1. The lowest BCUT2D eigenvalue weighted by atomic mass is 9.92. The van der Waals surface area contributed by atoms with E-state index in [2.05, 4.69) is 23.7 Å². The van der Waals surface area contributed by atoms with Gasteiger partial charge in [0.1, 0.15) is 0 Å². The molecule has 2 unspecified atom stereocenters. The Morgan fingerprint density at radius 1 is 1.44 bits per heavy atom. The minimum atomic E-state index is 0. The van der Waals surface area contributed by atoms with Crippen LogP contribution in [0.15, 0.2) is 6.20 Å². The van der Waals surface area contributed by atoms with Crippen molar-refractivity contribution in [2.45, 2.75) is 26.8 Å². The molecule has 92 valence electrons. The molecule has 0 saturated carbocycles. The van der Waals surface area contributed by atoms with Gasteiger partial charge in [-0.05, 0) is 18.3 Å². The van der Waals surface area contributed by atoms with Gasteiger partial charge in [-0.25, -0.2) is 4.98 Å². The molecule has 0 spiro atoms. The third kappa shape index (κ3) is 3.61. The van der Waals surface area contributed by atoms with Crippen LogP contribution in [0.3, 0.4) is 0 Å². The van der Waals surface area contributed by atoms with Gasteiger partial charge in [-0.1, -0.05) is 13.8 Å². The quantitative estimate of drug-likeness (QED) is 0.890. The first-order chi connectivity index (χ1) is 7.13. The third-order valence-electron chi connectivity index (χ3n) is 2.90. The average molecular weight is 262 g/mol. The van der Waals surface area contributed by atoms with E-state index in [1.54, 1.807) is 11.3 Å². The first-order valence-electron chi connectivity index (χ1n) is 5.56. The highest BCUT2D eigenvalue weighted by Gasteiger charge is 2.21. The van der Waals surface area contributed by atoms with Crippen LogP contribution in [-0.4, -0.2) is 23.0 Å². The van der Waals surface area contributed by atoms with Crippen molar-refractivity contribution in [2.24, 2.45) is 11.8 Å². The fourth-order valence-electron chi connectivity index (χ4n) is 2.54. The molecule has 5 heteroatoms. The predicted molar refractivity (Wildman–Crippen MR) is 72.0 cm³/mol. The molecule has 0 bridgehead atoms. The van der Waals surface area contributed by atoms with Gasteiger partial charge in [0.05, 0.1) is 0 Å². The van der Waals surface area contributed by atoms with Crippen LogP contribution in [0.1, 0.15) is 25.1 Å². The zero-order valence-electron chi connectivity index (χ0n) is 9.85. The predicted octanol–water partition coefficient (Wildman–Crippen LogP) is 2.63. The summed E-state index contributed by atoms with van der Waals surface area (Å²) >= 11 is 1.61. The summed E-state index contributed by atoms with van der Waals surface area (Å²) < 4.78 is 0. The maximum Gasteiger partial charge on any atom is 0.180 e. The van der Waals surface area contributed by atoms with Crippen LogP contribution in [0, 0.1) is 11.8 Å². The van der Waals surface area contributed by atoms with E-state index in [4.69, 9.17) is 5.73 Å². The van der Waals surface area contributed by atoms with Gasteiger partial charge in [0.15, 0.2) is 5.13 Å². The van der Waals surface area contributed by atoms with E-state index >= 15 is 0 Å². The smallest absolute Gasteiger partial charge is 0.180 e. The number of hydrogen-bond donors (Lipinski definition) is 1. The van der Waals surface area contributed by atoms with Crippen molar-refractivity contribution in [3.8, 4) is 0 Å². The number of anilines is 1. The molecule has 1 aromatic rings. The second kappa shape index (κ2) is 5.84. The molecule has 16 heavy (non-hydrogen) atoms. The molecule has 0 aliphatic carbocycles. The van der Waals surface area contributed by atoms with Crippen molar-refractivity contribution < 1.29 is 0 Å². The van der Waals surface area contributed by atoms with E-state index in [0.717, 1.165) is 18.4 Å². The molecule has 2 atom stereocenters. The second-order valence-electron chi connectivity index (χ2n) is 4.80. The molecule has 2 heterocycles. The summed E-state index contributed by atoms with van der Waals surface area (Å²) in [6.07, 6.45) is 3.27. The zero-order valence-corrected chi connectivity index (χ0v) is 11.5. The SMILES string of the molecule is CC1CC(C)CN(Cc2cnc(N)s2)C1.Cl. The molecular weight excluding hydrogens is 242 g/mol. The van der Waals surface area contributed by atoms with Crippen molar-refractivity contribution in [3.63, 3.8) is 0 Å². The largest absolute Gasteiger partial charge is 0.375 e. The number of hydrogen-bond acceptors (Lipinski definition) is 4. The van der Waals surface area contributed by atoms with Crippen molar-refractivity contribution in [1.29, 1.82) is 0 Å². The molecule has 0 radical (unpaired) electrons. The Morgan fingerprint density at radius 2 is 2.06 bits per heavy atom. The second-order valence-corrected chi connectivity index (χ2v) is 5.95. The van der Waals surface area contributed by atoms with Crippen LogP contribution in [0.5, 0.6) is 0 Å². The summed E-state index contributed by atoms with van der Waals surface area (Å²) in [5, 5.41) is 0.683. The number of halogens is 1. The minimum Gasteiger partial charge on any atom is -0.375 e. The fourth-order valence-corrected chi connectivity index (χ4v) is 3.26. The van der Waals surface area contributed by atoms with Crippen LogP contribution in [0.2, 0.25) is 0 Å². The summed E-state index contributed by atoms with van der Waals surface area (Å²) in [6, 6.07) is 0. The topological polar surface area (TPSA) is 42.2 Å². The molecular formula is C11H20ClN3S. The summed E-state index contributed by atoms with van der Waals surface area (Å²) in [5.74, 6) is 1.64. The molecule has 0 aromatic carbocycles. The van der Waals surface area contributed by atoms with Crippen molar-refractivity contribution in [3.05, 3.63) is 11.1 Å². The number of nitrogen functional groups attached to an aromatic ring is 1. The average Bonchev–Trinajstić information content (AvgIpc) is 2.49. The zero-order chi connectivity index (χ0) is 10.8. The van der Waals surface area contributed by atoms with Gasteiger partial charge in [-0.2, -0.15) is 0 Å². The van der Waals surface area contributed by atoms with Gasteiger partial charge in [-0.15, -0.1) is 23.7 Å². The Labute approximate surface area is 107 Å². The summed E-state index contributed by atoms with van der Waals surface area (Å²) in [4.78, 5) is 7.90. The van der Waals surface area contributed by atoms with Crippen molar-refractivity contribution >= 4 is 28.9 Å². The molecule has 3 nitrogen and oxygen atoms in total. The molecule has 1 fully saturated rings. The number of piperidine rings is 1. The summed E-state index contributed by atoms with van der Waals surface area (Å²) in [6.45, 7) is 8.11. The fraction of sp³-hybridized carbons (Fsp3) is 0.727. The third-order valence-corrected chi connectivity index (χ3v) is 3.71. The van der Waals surface area contributed by atoms with Gasteiger partial charge in [0.25, 0.3) is 0 Å². The Hall–Kier alpha value is -0.320. The van der Waals surface area contributed by atoms with E-state index < -0.39 is 0 Å². The van der Waals surface area contributed by atoms with E-state index in [-0.39, 0.29) is 12.4 Å². The van der Waals surface area contributed by atoms with Crippen molar-refractivity contribution in [1.82, 2.24) is 9.88 Å². The minimum absolute atomic E-state index is 0. The highest BCUT2D eigenvalue weighted by atomic mass is 35.5. The van der Waals surface area contributed by atoms with Crippen LogP contribution in [-0.2, 0) is 6.54 Å². The van der Waals surface area contributed by atoms with Gasteiger partial charge >= 0.3 is 0 Å². The molecule has 1 aromatic heterocycles.